The Morgan fingerprint density at radius 2 is 2.21 bits per heavy atom. The van der Waals surface area contributed by atoms with Crippen LogP contribution in [0.4, 0.5) is 5.69 Å². The number of carbonyl (C=O) groups is 1. The first-order chi connectivity index (χ1) is 9.22. The molecule has 0 unspecified atom stereocenters. The minimum Gasteiger partial charge on any atom is -0.452 e. The van der Waals surface area contributed by atoms with Gasteiger partial charge in [0.1, 0.15) is 0 Å². The summed E-state index contributed by atoms with van der Waals surface area (Å²) in [6.07, 6.45) is 3.20. The van der Waals surface area contributed by atoms with Crippen molar-refractivity contribution in [1.82, 2.24) is 0 Å². The van der Waals surface area contributed by atoms with Crippen LogP contribution in [-0.2, 0) is 0 Å². The Kier molecular flexibility index (Phi) is 4.71. The van der Waals surface area contributed by atoms with Crippen molar-refractivity contribution in [2.24, 2.45) is 0 Å². The summed E-state index contributed by atoms with van der Waals surface area (Å²) in [5, 5.41) is 2.92. The second-order valence-corrected chi connectivity index (χ2v) is 5.06. The first-order valence-corrected chi connectivity index (χ1v) is 6.96. The predicted molar refractivity (Wildman–Crippen MR) is 79.0 cm³/mol. The van der Waals surface area contributed by atoms with E-state index in [2.05, 4.69) is 11.9 Å². The number of rotatable bonds is 5. The Labute approximate surface area is 120 Å². The van der Waals surface area contributed by atoms with Gasteiger partial charge < -0.3 is 9.73 Å². The van der Waals surface area contributed by atoms with Gasteiger partial charge in [-0.2, -0.15) is 0 Å². The highest BCUT2D eigenvalue weighted by atomic mass is 35.5. The molecule has 0 radical (unpaired) electrons. The van der Waals surface area contributed by atoms with E-state index in [-0.39, 0.29) is 11.1 Å². The Balaban J connectivity index is 2.17. The number of anilines is 1. The monoisotopic (exact) mass is 293 g/mol. The number of nitrogens with one attached hydrogen (secondary N) is 1. The Morgan fingerprint density at radius 1 is 1.42 bits per heavy atom. The van der Waals surface area contributed by atoms with Crippen molar-refractivity contribution in [3.05, 3.63) is 60.0 Å². The second-order valence-electron chi connectivity index (χ2n) is 3.66. The number of para-hydroxylation sites is 1. The number of hydrogen-bond acceptors (Lipinski definition) is 3. The van der Waals surface area contributed by atoms with Crippen LogP contribution in [0.5, 0.6) is 0 Å². The minimum atomic E-state index is -0.287. The van der Waals surface area contributed by atoms with Gasteiger partial charge in [0, 0.05) is 10.6 Å². The van der Waals surface area contributed by atoms with E-state index in [4.69, 9.17) is 16.0 Å². The Morgan fingerprint density at radius 3 is 2.89 bits per heavy atom. The van der Waals surface area contributed by atoms with Crippen molar-refractivity contribution >= 4 is 35.0 Å². The molecule has 1 amide bonds. The summed E-state index contributed by atoms with van der Waals surface area (Å²) in [7, 11) is 0. The van der Waals surface area contributed by atoms with Gasteiger partial charge in [0.2, 0.25) is 5.22 Å². The zero-order valence-electron chi connectivity index (χ0n) is 10.1. The van der Waals surface area contributed by atoms with Crippen LogP contribution in [-0.4, -0.2) is 11.7 Å². The predicted octanol–water partition coefficient (Wildman–Crippen LogP) is 4.46. The molecule has 0 bridgehead atoms. The van der Waals surface area contributed by atoms with Gasteiger partial charge in [-0.25, -0.2) is 0 Å². The van der Waals surface area contributed by atoms with Crippen molar-refractivity contribution in [2.75, 3.05) is 11.1 Å². The third-order valence-electron chi connectivity index (χ3n) is 2.35. The fourth-order valence-electron chi connectivity index (χ4n) is 1.49. The maximum Gasteiger partial charge on any atom is 0.260 e. The number of carbonyl (C=O) groups excluding carboxylic acids is 1. The molecule has 98 valence electrons. The second kappa shape index (κ2) is 6.50. The first kappa shape index (κ1) is 13.8. The molecule has 0 atom stereocenters. The van der Waals surface area contributed by atoms with Crippen molar-refractivity contribution < 1.29 is 9.21 Å². The number of thioether (sulfide) groups is 1. The molecule has 1 N–H and O–H groups in total. The standard InChI is InChI=1S/C14H12ClNO2S/c1-2-9-19-12-6-4-3-5-11(12)16-14(17)10-7-8-18-13(10)15/h2-8H,1,9H2,(H,16,17). The van der Waals surface area contributed by atoms with Crippen LogP contribution >= 0.6 is 23.4 Å². The number of furan rings is 1. The van der Waals surface area contributed by atoms with Crippen LogP contribution < -0.4 is 5.32 Å². The molecule has 0 spiro atoms. The van der Waals surface area contributed by atoms with E-state index in [1.54, 1.807) is 11.8 Å². The van der Waals surface area contributed by atoms with Gasteiger partial charge in [-0.1, -0.05) is 18.2 Å². The highest BCUT2D eigenvalue weighted by Crippen LogP contribution is 2.28. The van der Waals surface area contributed by atoms with Crippen LogP contribution in [0, 0.1) is 0 Å². The molecule has 0 aliphatic heterocycles. The van der Waals surface area contributed by atoms with E-state index in [0.29, 0.717) is 5.56 Å². The molecular weight excluding hydrogens is 282 g/mol. The summed E-state index contributed by atoms with van der Waals surface area (Å²) in [5.74, 6) is 0.490. The van der Waals surface area contributed by atoms with Crippen molar-refractivity contribution in [1.29, 1.82) is 0 Å². The molecule has 1 heterocycles. The summed E-state index contributed by atoms with van der Waals surface area (Å²) in [5.41, 5.74) is 1.07. The van der Waals surface area contributed by atoms with E-state index in [1.165, 1.54) is 12.3 Å². The SMILES string of the molecule is C=CCSc1ccccc1NC(=O)c1ccoc1Cl. The smallest absolute Gasteiger partial charge is 0.260 e. The van der Waals surface area contributed by atoms with E-state index in [0.717, 1.165) is 16.3 Å². The molecule has 0 saturated heterocycles. The Hall–Kier alpha value is -1.65. The van der Waals surface area contributed by atoms with E-state index < -0.39 is 0 Å². The average Bonchev–Trinajstić information content (AvgIpc) is 2.84. The Bertz CT molecular complexity index is 595. The third kappa shape index (κ3) is 3.43. The molecule has 5 heteroatoms. The molecule has 0 aliphatic rings. The normalized spacial score (nSPS) is 10.2. The summed E-state index contributed by atoms with van der Waals surface area (Å²) in [4.78, 5) is 13.0. The zero-order chi connectivity index (χ0) is 13.7. The molecular formula is C14H12ClNO2S. The first-order valence-electron chi connectivity index (χ1n) is 5.59. The zero-order valence-corrected chi connectivity index (χ0v) is 11.6. The quantitative estimate of drug-likeness (QED) is 0.653. The average molecular weight is 294 g/mol. The van der Waals surface area contributed by atoms with Gasteiger partial charge in [0.15, 0.2) is 0 Å². The lowest BCUT2D eigenvalue weighted by Crippen LogP contribution is -2.12. The van der Waals surface area contributed by atoms with Crippen LogP contribution in [0.25, 0.3) is 0 Å². The highest BCUT2D eigenvalue weighted by molar-refractivity contribution is 7.99. The number of benzene rings is 1. The van der Waals surface area contributed by atoms with Crippen LogP contribution in [0.2, 0.25) is 5.22 Å². The van der Waals surface area contributed by atoms with E-state index in [1.807, 2.05) is 30.3 Å². The molecule has 0 fully saturated rings. The van der Waals surface area contributed by atoms with Gasteiger partial charge in [-0.05, 0) is 29.8 Å². The number of amides is 1. The minimum absolute atomic E-state index is 0.0914. The molecule has 2 aromatic rings. The molecule has 19 heavy (non-hydrogen) atoms. The van der Waals surface area contributed by atoms with Gasteiger partial charge in [0.05, 0.1) is 17.5 Å². The lowest BCUT2D eigenvalue weighted by molar-refractivity contribution is 0.102. The molecule has 3 nitrogen and oxygen atoms in total. The summed E-state index contributed by atoms with van der Waals surface area (Å²) in [6.45, 7) is 3.68. The largest absolute Gasteiger partial charge is 0.452 e. The number of halogens is 1. The molecule has 1 aromatic heterocycles. The lowest BCUT2D eigenvalue weighted by Gasteiger charge is -2.09. The number of hydrogen-bond donors (Lipinski definition) is 1. The maximum absolute atomic E-state index is 12.0. The third-order valence-corrected chi connectivity index (χ3v) is 3.72. The van der Waals surface area contributed by atoms with Gasteiger partial charge in [-0.15, -0.1) is 18.3 Å². The van der Waals surface area contributed by atoms with Crippen LogP contribution in [0.3, 0.4) is 0 Å². The van der Waals surface area contributed by atoms with Gasteiger partial charge >= 0.3 is 0 Å². The molecule has 0 aliphatic carbocycles. The summed E-state index contributed by atoms with van der Waals surface area (Å²) >= 11 is 7.38. The maximum atomic E-state index is 12.0. The molecule has 1 aromatic carbocycles. The van der Waals surface area contributed by atoms with Gasteiger partial charge in [-0.3, -0.25) is 4.79 Å². The van der Waals surface area contributed by atoms with Crippen LogP contribution in [0.1, 0.15) is 10.4 Å². The lowest BCUT2D eigenvalue weighted by atomic mass is 10.3. The van der Waals surface area contributed by atoms with Crippen molar-refractivity contribution in [2.45, 2.75) is 4.90 Å². The van der Waals surface area contributed by atoms with Crippen LogP contribution in [0.15, 0.2) is 58.6 Å². The van der Waals surface area contributed by atoms with E-state index in [9.17, 15) is 4.79 Å². The molecule has 0 saturated carbocycles. The highest BCUT2D eigenvalue weighted by Gasteiger charge is 2.14. The summed E-state index contributed by atoms with van der Waals surface area (Å²) in [6, 6.07) is 9.12. The van der Waals surface area contributed by atoms with E-state index >= 15 is 0 Å². The topological polar surface area (TPSA) is 42.2 Å². The summed E-state index contributed by atoms with van der Waals surface area (Å²) < 4.78 is 4.90. The van der Waals surface area contributed by atoms with Gasteiger partial charge in [0.25, 0.3) is 5.91 Å². The fourth-order valence-corrected chi connectivity index (χ4v) is 2.44. The van der Waals surface area contributed by atoms with Crippen molar-refractivity contribution in [3.63, 3.8) is 0 Å². The van der Waals surface area contributed by atoms with Crippen molar-refractivity contribution in [3.8, 4) is 0 Å². The molecule has 2 rings (SSSR count). The fraction of sp³-hybridized carbons (Fsp3) is 0.0714.